The van der Waals surface area contributed by atoms with Gasteiger partial charge in [0, 0.05) is 0 Å². The van der Waals surface area contributed by atoms with Crippen LogP contribution in [0.5, 0.6) is 0 Å². The number of hydrogen-bond donors (Lipinski definition) is 0. The van der Waals surface area contributed by atoms with Gasteiger partial charge in [-0.05, 0) is 38.8 Å². The molecule has 0 N–H and O–H groups in total. The molecule has 0 unspecified atom stereocenters. The third-order valence-corrected chi connectivity index (χ3v) is 5.51. The summed E-state index contributed by atoms with van der Waals surface area (Å²) in [7, 11) is -0.502. The van der Waals surface area contributed by atoms with E-state index < -0.39 is 9.52 Å². The van der Waals surface area contributed by atoms with Crippen LogP contribution in [0.15, 0.2) is 55.1 Å². The van der Waals surface area contributed by atoms with Gasteiger partial charge in [-0.25, -0.2) is 0 Å². The Morgan fingerprint density at radius 3 is 2.50 bits per heavy atom. The maximum absolute atomic E-state index is 5.96. The van der Waals surface area contributed by atoms with Gasteiger partial charge >= 0.3 is 0 Å². The highest BCUT2D eigenvalue weighted by atomic mass is 28.2. The highest BCUT2D eigenvalue weighted by Crippen LogP contribution is 2.11. The highest BCUT2D eigenvalue weighted by molar-refractivity contribution is 6.67. The van der Waals surface area contributed by atoms with E-state index in [0.717, 1.165) is 5.57 Å². The third kappa shape index (κ3) is 4.97. The van der Waals surface area contributed by atoms with Gasteiger partial charge in [0.1, 0.15) is 0 Å². The molecule has 0 spiro atoms. The fourth-order valence-corrected chi connectivity index (χ4v) is 4.05. The summed E-state index contributed by atoms with van der Waals surface area (Å²) >= 11 is 0. The quantitative estimate of drug-likeness (QED) is 0.771. The fourth-order valence-electron chi connectivity index (χ4n) is 2.33. The van der Waals surface area contributed by atoms with Gasteiger partial charge in [-0.1, -0.05) is 71.1 Å². The highest BCUT2D eigenvalue weighted by Gasteiger charge is 2.12. The molecular formula is C20H26OSi. The van der Waals surface area contributed by atoms with Crippen LogP contribution in [0, 0.1) is 0 Å². The fraction of sp³-hybridized carbons (Fsp3) is 0.300. The van der Waals surface area contributed by atoms with Gasteiger partial charge in [-0.15, -0.1) is 0 Å². The first-order valence-electron chi connectivity index (χ1n) is 7.81. The summed E-state index contributed by atoms with van der Waals surface area (Å²) in [5.74, 6) is 0. The Morgan fingerprint density at radius 2 is 1.82 bits per heavy atom. The van der Waals surface area contributed by atoms with Crippen LogP contribution in [-0.2, 0) is 11.3 Å². The topological polar surface area (TPSA) is 9.23 Å². The molecule has 0 bridgehead atoms. The average molecular weight is 311 g/mol. The van der Waals surface area contributed by atoms with Crippen LogP contribution in [-0.4, -0.2) is 15.1 Å². The summed E-state index contributed by atoms with van der Waals surface area (Å²) in [5, 5.41) is 2.91. The largest absolute Gasteiger partial charge is 0.371 e. The molecule has 0 aliphatic carbocycles. The van der Waals surface area contributed by atoms with Crippen molar-refractivity contribution in [1.29, 1.82) is 0 Å². The summed E-state index contributed by atoms with van der Waals surface area (Å²) < 4.78 is 5.96. The molecule has 1 nitrogen and oxygen atoms in total. The summed E-state index contributed by atoms with van der Waals surface area (Å²) in [6.45, 7) is 13.1. The smallest absolute Gasteiger partial charge is 0.0880 e. The second-order valence-corrected chi connectivity index (χ2v) is 8.76. The average Bonchev–Trinajstić information content (AvgIpc) is 2.46. The standard InChI is InChI=1S/C20H26OSi/c1-15(2)16-10-8-11-18(13-16)22-19-12-7-6-9-17(19)14-21-20(3,4)5/h6-13H,1,14,22H2,2-5H3. The van der Waals surface area contributed by atoms with E-state index in [1.54, 1.807) is 0 Å². The maximum Gasteiger partial charge on any atom is 0.0880 e. The van der Waals surface area contributed by atoms with E-state index in [0.29, 0.717) is 6.61 Å². The van der Waals surface area contributed by atoms with Crippen molar-refractivity contribution in [3.63, 3.8) is 0 Å². The van der Waals surface area contributed by atoms with Crippen molar-refractivity contribution in [2.45, 2.75) is 39.9 Å². The van der Waals surface area contributed by atoms with Crippen molar-refractivity contribution >= 4 is 25.5 Å². The van der Waals surface area contributed by atoms with E-state index >= 15 is 0 Å². The lowest BCUT2D eigenvalue weighted by molar-refractivity contribution is -0.0146. The molecule has 0 fully saturated rings. The van der Waals surface area contributed by atoms with Crippen LogP contribution >= 0.6 is 0 Å². The molecule has 2 aromatic carbocycles. The molecule has 22 heavy (non-hydrogen) atoms. The van der Waals surface area contributed by atoms with E-state index in [-0.39, 0.29) is 5.60 Å². The Bertz CT molecular complexity index is 653. The molecule has 0 aliphatic rings. The molecule has 0 atom stereocenters. The van der Waals surface area contributed by atoms with E-state index in [2.05, 4.69) is 82.8 Å². The SMILES string of the molecule is C=C(C)c1cccc([SiH2]c2ccccc2COC(C)(C)C)c1. The van der Waals surface area contributed by atoms with Gasteiger partial charge in [0.25, 0.3) is 0 Å². The zero-order chi connectivity index (χ0) is 16.2. The number of hydrogen-bond acceptors (Lipinski definition) is 1. The van der Waals surface area contributed by atoms with Crippen molar-refractivity contribution < 1.29 is 4.74 Å². The third-order valence-electron chi connectivity index (χ3n) is 3.59. The van der Waals surface area contributed by atoms with Crippen LogP contribution in [0.3, 0.4) is 0 Å². The van der Waals surface area contributed by atoms with Gasteiger partial charge in [-0.2, -0.15) is 0 Å². The van der Waals surface area contributed by atoms with Gasteiger partial charge in [0.15, 0.2) is 0 Å². The molecule has 0 radical (unpaired) electrons. The van der Waals surface area contributed by atoms with Crippen molar-refractivity contribution in [2.24, 2.45) is 0 Å². The van der Waals surface area contributed by atoms with E-state index in [1.807, 2.05) is 0 Å². The zero-order valence-electron chi connectivity index (χ0n) is 14.1. The Kier molecular flexibility index (Phi) is 5.38. The van der Waals surface area contributed by atoms with E-state index in [4.69, 9.17) is 4.74 Å². The van der Waals surface area contributed by atoms with Crippen molar-refractivity contribution in [3.05, 3.63) is 66.2 Å². The minimum absolute atomic E-state index is 0.103. The maximum atomic E-state index is 5.96. The lowest BCUT2D eigenvalue weighted by Crippen LogP contribution is -2.31. The summed E-state index contributed by atoms with van der Waals surface area (Å²) in [6, 6.07) is 17.5. The number of benzene rings is 2. The lowest BCUT2D eigenvalue weighted by atomic mass is 10.1. The van der Waals surface area contributed by atoms with Crippen LogP contribution in [0.1, 0.15) is 38.8 Å². The molecule has 0 aromatic heterocycles. The number of rotatable bonds is 5. The predicted octanol–water partition coefficient (Wildman–Crippen LogP) is 3.15. The molecule has 2 aromatic rings. The Balaban J connectivity index is 2.19. The number of ether oxygens (including phenoxy) is 1. The molecule has 0 amide bonds. The monoisotopic (exact) mass is 310 g/mol. The Morgan fingerprint density at radius 1 is 1.09 bits per heavy atom. The second-order valence-electron chi connectivity index (χ2n) is 6.83. The Labute approximate surface area is 136 Å². The first kappa shape index (κ1) is 16.7. The van der Waals surface area contributed by atoms with E-state index in [1.165, 1.54) is 21.5 Å². The van der Waals surface area contributed by atoms with Gasteiger partial charge in [0.2, 0.25) is 0 Å². The van der Waals surface area contributed by atoms with Crippen molar-refractivity contribution in [2.75, 3.05) is 0 Å². The number of allylic oxidation sites excluding steroid dienone is 1. The molecule has 0 saturated heterocycles. The minimum Gasteiger partial charge on any atom is -0.371 e. The van der Waals surface area contributed by atoms with Crippen molar-refractivity contribution in [1.82, 2.24) is 0 Å². The van der Waals surface area contributed by atoms with Crippen LogP contribution in [0.2, 0.25) is 0 Å². The Hall–Kier alpha value is -1.64. The molecule has 0 aliphatic heterocycles. The molecular weight excluding hydrogens is 284 g/mol. The molecule has 2 heteroatoms. The molecule has 0 saturated carbocycles. The van der Waals surface area contributed by atoms with E-state index in [9.17, 15) is 0 Å². The van der Waals surface area contributed by atoms with Crippen LogP contribution in [0.25, 0.3) is 5.57 Å². The second kappa shape index (κ2) is 7.08. The predicted molar refractivity (Wildman–Crippen MR) is 99.9 cm³/mol. The van der Waals surface area contributed by atoms with Crippen LogP contribution in [0.4, 0.5) is 0 Å². The molecule has 116 valence electrons. The summed E-state index contributed by atoms with van der Waals surface area (Å²) in [5.41, 5.74) is 3.59. The lowest BCUT2D eigenvalue weighted by Gasteiger charge is -2.20. The molecule has 2 rings (SSSR count). The summed E-state index contributed by atoms with van der Waals surface area (Å²) in [6.07, 6.45) is 0. The first-order chi connectivity index (χ1) is 10.3. The zero-order valence-corrected chi connectivity index (χ0v) is 15.6. The van der Waals surface area contributed by atoms with Crippen LogP contribution < -0.4 is 10.4 Å². The van der Waals surface area contributed by atoms with Crippen molar-refractivity contribution in [3.8, 4) is 0 Å². The molecule has 0 heterocycles. The first-order valence-corrected chi connectivity index (χ1v) is 9.22. The minimum atomic E-state index is -0.502. The van der Waals surface area contributed by atoms with Gasteiger partial charge in [-0.3, -0.25) is 0 Å². The van der Waals surface area contributed by atoms with Gasteiger partial charge in [0.05, 0.1) is 21.7 Å². The van der Waals surface area contributed by atoms with Gasteiger partial charge < -0.3 is 4.74 Å². The summed E-state index contributed by atoms with van der Waals surface area (Å²) in [4.78, 5) is 0. The normalized spacial score (nSPS) is 12.0.